The molecular formula is C22H31NO3S. The molecule has 1 aliphatic rings. The second-order valence-electron chi connectivity index (χ2n) is 7.44. The SMILES string of the molecule is CCCC[C@]1(CC)CS(O)(O)c2ccc(OC)cc2[C@@H](c2ccccc2)N1. The molecule has 0 amide bonds. The molecule has 1 heterocycles. The lowest BCUT2D eigenvalue weighted by Crippen LogP contribution is -2.49. The first-order valence-corrected chi connectivity index (χ1v) is 11.4. The smallest absolute Gasteiger partial charge is 0.119 e. The summed E-state index contributed by atoms with van der Waals surface area (Å²) in [5.74, 6) is 1.07. The van der Waals surface area contributed by atoms with E-state index in [0.717, 1.165) is 42.6 Å². The molecule has 0 radical (unpaired) electrons. The molecule has 0 aliphatic carbocycles. The highest BCUT2D eigenvalue weighted by molar-refractivity contribution is 8.24. The monoisotopic (exact) mass is 389 g/mol. The van der Waals surface area contributed by atoms with Gasteiger partial charge in [-0.3, -0.25) is 14.4 Å². The first-order chi connectivity index (χ1) is 12.9. The van der Waals surface area contributed by atoms with E-state index in [1.165, 1.54) is 0 Å². The lowest BCUT2D eigenvalue weighted by molar-refractivity contribution is 0.290. The molecule has 2 atom stereocenters. The van der Waals surface area contributed by atoms with Crippen molar-refractivity contribution in [2.45, 2.75) is 56.0 Å². The van der Waals surface area contributed by atoms with E-state index in [-0.39, 0.29) is 11.6 Å². The molecule has 148 valence electrons. The van der Waals surface area contributed by atoms with Crippen molar-refractivity contribution in [1.82, 2.24) is 5.32 Å². The average Bonchev–Trinajstić information content (AvgIpc) is 2.79. The highest BCUT2D eigenvalue weighted by Gasteiger charge is 2.41. The lowest BCUT2D eigenvalue weighted by atomic mass is 9.88. The highest BCUT2D eigenvalue weighted by atomic mass is 32.3. The molecule has 3 rings (SSSR count). The van der Waals surface area contributed by atoms with Crippen molar-refractivity contribution in [1.29, 1.82) is 0 Å². The first kappa shape index (κ1) is 20.2. The van der Waals surface area contributed by atoms with E-state index in [0.29, 0.717) is 10.6 Å². The van der Waals surface area contributed by atoms with E-state index < -0.39 is 10.6 Å². The standard InChI is InChI=1S/C22H31NO3S/c1-4-6-14-22(5-2)16-27(24,25)20-13-12-18(26-3)15-19(20)21(23-22)17-10-8-7-9-11-17/h7-13,15,21,23-25H,4-6,14,16H2,1-3H3/t21-,22-/m1/s1. The van der Waals surface area contributed by atoms with E-state index in [4.69, 9.17) is 4.74 Å². The van der Waals surface area contributed by atoms with Gasteiger partial charge in [0.25, 0.3) is 0 Å². The molecule has 3 N–H and O–H groups in total. The molecule has 27 heavy (non-hydrogen) atoms. The third kappa shape index (κ3) is 4.16. The Kier molecular flexibility index (Phi) is 6.16. The molecule has 0 saturated carbocycles. The van der Waals surface area contributed by atoms with Crippen LogP contribution in [0.25, 0.3) is 0 Å². The number of rotatable bonds is 6. The van der Waals surface area contributed by atoms with Gasteiger partial charge in [0.2, 0.25) is 0 Å². The minimum absolute atomic E-state index is 0.109. The normalized spacial score (nSPS) is 25.3. The van der Waals surface area contributed by atoms with Crippen LogP contribution < -0.4 is 10.1 Å². The van der Waals surface area contributed by atoms with Crippen molar-refractivity contribution in [3.63, 3.8) is 0 Å². The molecule has 0 fully saturated rings. The van der Waals surface area contributed by atoms with Gasteiger partial charge in [-0.2, -0.15) is 10.6 Å². The van der Waals surface area contributed by atoms with Crippen molar-refractivity contribution < 1.29 is 13.8 Å². The Morgan fingerprint density at radius 1 is 1.15 bits per heavy atom. The quantitative estimate of drug-likeness (QED) is 0.581. The average molecular weight is 390 g/mol. The van der Waals surface area contributed by atoms with Gasteiger partial charge in [0, 0.05) is 11.1 Å². The van der Waals surface area contributed by atoms with Gasteiger partial charge in [-0.15, -0.1) is 0 Å². The fourth-order valence-electron chi connectivity index (χ4n) is 4.01. The number of fused-ring (bicyclic) bond motifs is 1. The number of hydrogen-bond acceptors (Lipinski definition) is 4. The Hall–Kier alpha value is -1.53. The van der Waals surface area contributed by atoms with Gasteiger partial charge in [-0.25, -0.2) is 0 Å². The maximum atomic E-state index is 11.2. The first-order valence-electron chi connectivity index (χ1n) is 9.71. The van der Waals surface area contributed by atoms with Crippen LogP contribution in [0.4, 0.5) is 0 Å². The molecule has 5 heteroatoms. The van der Waals surface area contributed by atoms with Crippen LogP contribution in [0.2, 0.25) is 0 Å². The summed E-state index contributed by atoms with van der Waals surface area (Å²) in [4.78, 5) is 0.636. The van der Waals surface area contributed by atoms with Crippen LogP contribution in [0, 0.1) is 0 Å². The molecule has 4 nitrogen and oxygen atoms in total. The molecule has 0 bridgehead atoms. The minimum atomic E-state index is -2.91. The number of unbranched alkanes of at least 4 members (excludes halogenated alkanes) is 1. The second-order valence-corrected chi connectivity index (χ2v) is 9.50. The van der Waals surface area contributed by atoms with E-state index in [1.54, 1.807) is 7.11 Å². The summed E-state index contributed by atoms with van der Waals surface area (Å²) in [5, 5.41) is 3.84. The van der Waals surface area contributed by atoms with E-state index in [9.17, 15) is 9.11 Å². The fourth-order valence-corrected chi connectivity index (χ4v) is 6.21. The van der Waals surface area contributed by atoms with Crippen LogP contribution in [0.1, 0.15) is 56.7 Å². The minimum Gasteiger partial charge on any atom is -0.497 e. The van der Waals surface area contributed by atoms with Gasteiger partial charge in [0.1, 0.15) is 5.75 Å². The number of nitrogens with one attached hydrogen (secondary N) is 1. The Morgan fingerprint density at radius 2 is 1.89 bits per heavy atom. The van der Waals surface area contributed by atoms with Gasteiger partial charge in [-0.1, -0.05) is 57.0 Å². The maximum absolute atomic E-state index is 11.2. The number of methoxy groups -OCH3 is 1. The van der Waals surface area contributed by atoms with Crippen molar-refractivity contribution in [3.8, 4) is 5.75 Å². The van der Waals surface area contributed by atoms with E-state index in [1.807, 2.05) is 36.4 Å². The molecule has 0 saturated heterocycles. The topological polar surface area (TPSA) is 61.7 Å². The van der Waals surface area contributed by atoms with Crippen molar-refractivity contribution in [2.75, 3.05) is 12.9 Å². The largest absolute Gasteiger partial charge is 0.497 e. The molecule has 0 unspecified atom stereocenters. The summed E-state index contributed by atoms with van der Waals surface area (Å²) in [6.45, 7) is 4.31. The van der Waals surface area contributed by atoms with Crippen LogP contribution in [-0.4, -0.2) is 27.5 Å². The second kappa shape index (κ2) is 8.23. The maximum Gasteiger partial charge on any atom is 0.119 e. The Labute approximate surface area is 164 Å². The van der Waals surface area contributed by atoms with E-state index in [2.05, 4.69) is 31.3 Å². The highest BCUT2D eigenvalue weighted by Crippen LogP contribution is 2.57. The third-order valence-corrected chi connectivity index (χ3v) is 7.66. The Balaban J connectivity index is 2.18. The summed E-state index contributed by atoms with van der Waals surface area (Å²) >= 11 is 0. The lowest BCUT2D eigenvalue weighted by Gasteiger charge is -2.42. The predicted octanol–water partition coefficient (Wildman–Crippen LogP) is 5.84. The fraction of sp³-hybridized carbons (Fsp3) is 0.455. The number of hydrogen-bond donors (Lipinski definition) is 3. The zero-order valence-electron chi connectivity index (χ0n) is 16.4. The Bertz CT molecular complexity index is 765. The predicted molar refractivity (Wildman–Crippen MR) is 113 cm³/mol. The van der Waals surface area contributed by atoms with Crippen molar-refractivity contribution in [3.05, 3.63) is 59.7 Å². The van der Waals surface area contributed by atoms with E-state index >= 15 is 0 Å². The number of benzene rings is 2. The summed E-state index contributed by atoms with van der Waals surface area (Å²) in [5.41, 5.74) is 1.70. The number of ether oxygens (including phenoxy) is 1. The molecule has 0 spiro atoms. The van der Waals surface area contributed by atoms with Crippen LogP contribution in [0.15, 0.2) is 53.4 Å². The summed E-state index contributed by atoms with van der Waals surface area (Å²) in [6.07, 6.45) is 3.90. The van der Waals surface area contributed by atoms with Crippen LogP contribution in [-0.2, 0) is 0 Å². The van der Waals surface area contributed by atoms with Gasteiger partial charge < -0.3 is 4.74 Å². The zero-order valence-corrected chi connectivity index (χ0v) is 17.3. The molecule has 2 aromatic rings. The van der Waals surface area contributed by atoms with Crippen LogP contribution in [0.5, 0.6) is 5.75 Å². The van der Waals surface area contributed by atoms with Crippen molar-refractivity contribution in [2.24, 2.45) is 0 Å². The molecule has 1 aliphatic heterocycles. The molecular weight excluding hydrogens is 358 g/mol. The van der Waals surface area contributed by atoms with Gasteiger partial charge in [0.15, 0.2) is 0 Å². The van der Waals surface area contributed by atoms with Crippen LogP contribution >= 0.6 is 10.6 Å². The summed E-state index contributed by atoms with van der Waals surface area (Å²) in [6, 6.07) is 15.7. The van der Waals surface area contributed by atoms with Crippen molar-refractivity contribution >= 4 is 10.6 Å². The molecule has 0 aromatic heterocycles. The summed E-state index contributed by atoms with van der Waals surface area (Å²) in [7, 11) is -1.27. The molecule has 2 aromatic carbocycles. The zero-order chi connectivity index (χ0) is 19.5. The van der Waals surface area contributed by atoms with Gasteiger partial charge in [0.05, 0.1) is 23.8 Å². The third-order valence-electron chi connectivity index (χ3n) is 5.63. The van der Waals surface area contributed by atoms with Gasteiger partial charge >= 0.3 is 0 Å². The Morgan fingerprint density at radius 3 is 2.52 bits per heavy atom. The van der Waals surface area contributed by atoms with Gasteiger partial charge in [-0.05, 0) is 36.6 Å². The van der Waals surface area contributed by atoms with Crippen LogP contribution in [0.3, 0.4) is 0 Å². The summed E-state index contributed by atoms with van der Waals surface area (Å²) < 4.78 is 27.8.